The van der Waals surface area contributed by atoms with Crippen molar-refractivity contribution in [3.05, 3.63) is 53.1 Å². The molecule has 2 aromatic carbocycles. The number of likely N-dealkylation sites (N-methyl/N-ethyl adjacent to an activating group) is 1. The SMILES string of the molecule is COc1cccc(CN(C)CC(=O)Nc2ccc(OC)c(Cl)c2)c1. The fourth-order valence-electron chi connectivity index (χ4n) is 2.33. The van der Waals surface area contributed by atoms with E-state index in [1.54, 1.807) is 32.4 Å². The maximum absolute atomic E-state index is 12.2. The summed E-state index contributed by atoms with van der Waals surface area (Å²) in [5.74, 6) is 1.27. The third-order valence-electron chi connectivity index (χ3n) is 3.44. The Labute approximate surface area is 147 Å². The molecule has 0 aliphatic heterocycles. The van der Waals surface area contributed by atoms with Crippen LogP contribution < -0.4 is 14.8 Å². The molecule has 6 heteroatoms. The number of benzene rings is 2. The van der Waals surface area contributed by atoms with Crippen molar-refractivity contribution in [1.82, 2.24) is 4.90 Å². The van der Waals surface area contributed by atoms with Crippen LogP contribution >= 0.6 is 11.6 Å². The van der Waals surface area contributed by atoms with Gasteiger partial charge in [0.15, 0.2) is 0 Å². The molecule has 0 aliphatic rings. The summed E-state index contributed by atoms with van der Waals surface area (Å²) in [6.45, 7) is 0.912. The van der Waals surface area contributed by atoms with Crippen molar-refractivity contribution < 1.29 is 14.3 Å². The number of hydrogen-bond donors (Lipinski definition) is 1. The number of hydrogen-bond acceptors (Lipinski definition) is 4. The molecule has 24 heavy (non-hydrogen) atoms. The molecule has 2 aromatic rings. The van der Waals surface area contributed by atoms with Gasteiger partial charge in [-0.3, -0.25) is 9.69 Å². The number of nitrogens with one attached hydrogen (secondary N) is 1. The number of amides is 1. The van der Waals surface area contributed by atoms with Gasteiger partial charge in [0, 0.05) is 12.2 Å². The van der Waals surface area contributed by atoms with Gasteiger partial charge in [0.1, 0.15) is 11.5 Å². The molecule has 0 atom stereocenters. The lowest BCUT2D eigenvalue weighted by Crippen LogP contribution is -2.29. The van der Waals surface area contributed by atoms with Crippen LogP contribution in [0.5, 0.6) is 11.5 Å². The van der Waals surface area contributed by atoms with E-state index in [-0.39, 0.29) is 12.5 Å². The second-order valence-electron chi connectivity index (χ2n) is 5.42. The zero-order valence-electron chi connectivity index (χ0n) is 14.0. The van der Waals surface area contributed by atoms with Gasteiger partial charge < -0.3 is 14.8 Å². The second-order valence-corrected chi connectivity index (χ2v) is 5.83. The van der Waals surface area contributed by atoms with Crippen molar-refractivity contribution in [2.45, 2.75) is 6.54 Å². The summed E-state index contributed by atoms with van der Waals surface area (Å²) in [7, 11) is 5.07. The second kappa shape index (κ2) is 8.57. The molecule has 0 unspecified atom stereocenters. The van der Waals surface area contributed by atoms with Gasteiger partial charge in [-0.15, -0.1) is 0 Å². The highest BCUT2D eigenvalue weighted by Gasteiger charge is 2.09. The Morgan fingerprint density at radius 3 is 2.62 bits per heavy atom. The summed E-state index contributed by atoms with van der Waals surface area (Å²) in [6, 6.07) is 12.9. The van der Waals surface area contributed by atoms with Gasteiger partial charge in [-0.1, -0.05) is 23.7 Å². The zero-order valence-corrected chi connectivity index (χ0v) is 14.8. The normalized spacial score (nSPS) is 10.5. The van der Waals surface area contributed by atoms with Crippen LogP contribution in [0.2, 0.25) is 5.02 Å². The first-order valence-corrected chi connectivity index (χ1v) is 7.84. The molecule has 128 valence electrons. The summed E-state index contributed by atoms with van der Waals surface area (Å²) in [6.07, 6.45) is 0. The Hall–Kier alpha value is -2.24. The van der Waals surface area contributed by atoms with Gasteiger partial charge in [-0.05, 0) is 42.9 Å². The fraction of sp³-hybridized carbons (Fsp3) is 0.278. The lowest BCUT2D eigenvalue weighted by atomic mass is 10.2. The van der Waals surface area contributed by atoms with E-state index in [4.69, 9.17) is 21.1 Å². The van der Waals surface area contributed by atoms with Crippen LogP contribution in [0.3, 0.4) is 0 Å². The van der Waals surface area contributed by atoms with Crippen LogP contribution in [0, 0.1) is 0 Å². The van der Waals surface area contributed by atoms with Crippen LogP contribution in [-0.2, 0) is 11.3 Å². The molecule has 0 bridgehead atoms. The van der Waals surface area contributed by atoms with Gasteiger partial charge in [0.05, 0.1) is 25.8 Å². The van der Waals surface area contributed by atoms with Crippen LogP contribution in [0.1, 0.15) is 5.56 Å². The fourth-order valence-corrected chi connectivity index (χ4v) is 2.59. The lowest BCUT2D eigenvalue weighted by Gasteiger charge is -2.17. The minimum Gasteiger partial charge on any atom is -0.497 e. The summed E-state index contributed by atoms with van der Waals surface area (Å²) in [5, 5.41) is 3.29. The van der Waals surface area contributed by atoms with Crippen LogP contribution in [0.15, 0.2) is 42.5 Å². The smallest absolute Gasteiger partial charge is 0.238 e. The first-order chi connectivity index (χ1) is 11.5. The quantitative estimate of drug-likeness (QED) is 0.833. The summed E-state index contributed by atoms with van der Waals surface area (Å²) < 4.78 is 10.3. The molecule has 0 aromatic heterocycles. The molecule has 1 N–H and O–H groups in total. The van der Waals surface area contributed by atoms with Crippen molar-refractivity contribution in [3.63, 3.8) is 0 Å². The molecule has 0 saturated heterocycles. The molecular formula is C18H21ClN2O3. The number of nitrogens with zero attached hydrogens (tertiary/aromatic N) is 1. The molecule has 1 amide bonds. The predicted octanol–water partition coefficient (Wildman–Crippen LogP) is 3.43. The monoisotopic (exact) mass is 348 g/mol. The number of rotatable bonds is 7. The third-order valence-corrected chi connectivity index (χ3v) is 3.73. The van der Waals surface area contributed by atoms with Gasteiger partial charge in [0.25, 0.3) is 0 Å². The number of carbonyl (C=O) groups is 1. The van der Waals surface area contributed by atoms with Gasteiger partial charge >= 0.3 is 0 Å². The highest BCUT2D eigenvalue weighted by molar-refractivity contribution is 6.32. The topological polar surface area (TPSA) is 50.8 Å². The summed E-state index contributed by atoms with van der Waals surface area (Å²) >= 11 is 6.06. The minimum absolute atomic E-state index is 0.110. The van der Waals surface area contributed by atoms with Crippen LogP contribution in [0.4, 0.5) is 5.69 Å². The predicted molar refractivity (Wildman–Crippen MR) is 96.0 cm³/mol. The molecule has 5 nitrogen and oxygen atoms in total. The molecule has 2 rings (SSSR count). The number of carbonyl (C=O) groups excluding carboxylic acids is 1. The first kappa shape index (κ1) is 18.1. The Morgan fingerprint density at radius 1 is 1.17 bits per heavy atom. The van der Waals surface area contributed by atoms with E-state index in [1.165, 1.54) is 0 Å². The molecule has 0 radical (unpaired) electrons. The molecule has 0 saturated carbocycles. The molecule has 0 heterocycles. The van der Waals surface area contributed by atoms with E-state index >= 15 is 0 Å². The van der Waals surface area contributed by atoms with Gasteiger partial charge in [0.2, 0.25) is 5.91 Å². The van der Waals surface area contributed by atoms with Gasteiger partial charge in [-0.25, -0.2) is 0 Å². The number of ether oxygens (including phenoxy) is 2. The van der Waals surface area contributed by atoms with Crippen LogP contribution in [0.25, 0.3) is 0 Å². The average molecular weight is 349 g/mol. The first-order valence-electron chi connectivity index (χ1n) is 7.46. The van der Waals surface area contributed by atoms with E-state index in [0.29, 0.717) is 23.0 Å². The Morgan fingerprint density at radius 2 is 1.96 bits per heavy atom. The van der Waals surface area contributed by atoms with E-state index in [2.05, 4.69) is 5.32 Å². The van der Waals surface area contributed by atoms with Crippen molar-refractivity contribution in [1.29, 1.82) is 0 Å². The Bertz CT molecular complexity index is 706. The Balaban J connectivity index is 1.90. The molecule has 0 spiro atoms. The minimum atomic E-state index is -0.110. The average Bonchev–Trinajstić information content (AvgIpc) is 2.55. The van der Waals surface area contributed by atoms with E-state index in [1.807, 2.05) is 36.2 Å². The summed E-state index contributed by atoms with van der Waals surface area (Å²) in [5.41, 5.74) is 1.72. The molecule has 0 fully saturated rings. The molecule has 0 aliphatic carbocycles. The summed E-state index contributed by atoms with van der Waals surface area (Å²) in [4.78, 5) is 14.1. The van der Waals surface area contributed by atoms with Crippen molar-refractivity contribution >= 4 is 23.2 Å². The number of anilines is 1. The third kappa shape index (κ3) is 5.15. The zero-order chi connectivity index (χ0) is 17.5. The molecular weight excluding hydrogens is 328 g/mol. The maximum Gasteiger partial charge on any atom is 0.238 e. The number of halogens is 1. The van der Waals surface area contributed by atoms with Gasteiger partial charge in [-0.2, -0.15) is 0 Å². The highest BCUT2D eigenvalue weighted by Crippen LogP contribution is 2.27. The van der Waals surface area contributed by atoms with Crippen molar-refractivity contribution in [2.24, 2.45) is 0 Å². The Kier molecular flexibility index (Phi) is 6.46. The van der Waals surface area contributed by atoms with Crippen molar-refractivity contribution in [3.8, 4) is 11.5 Å². The van der Waals surface area contributed by atoms with Crippen LogP contribution in [-0.4, -0.2) is 38.6 Å². The van der Waals surface area contributed by atoms with E-state index in [9.17, 15) is 4.79 Å². The number of methoxy groups -OCH3 is 2. The van der Waals surface area contributed by atoms with E-state index in [0.717, 1.165) is 11.3 Å². The maximum atomic E-state index is 12.2. The van der Waals surface area contributed by atoms with E-state index < -0.39 is 0 Å². The highest BCUT2D eigenvalue weighted by atomic mass is 35.5. The lowest BCUT2D eigenvalue weighted by molar-refractivity contribution is -0.117. The standard InChI is InChI=1S/C18H21ClN2O3/c1-21(11-13-5-4-6-15(9-13)23-2)12-18(22)20-14-7-8-17(24-3)16(19)10-14/h4-10H,11-12H2,1-3H3,(H,20,22). The largest absolute Gasteiger partial charge is 0.497 e. The van der Waals surface area contributed by atoms with Crippen molar-refractivity contribution in [2.75, 3.05) is 33.1 Å².